The number of nitrogens with zero attached hydrogens (tertiary/aromatic N) is 1. The minimum Gasteiger partial charge on any atom is -0.490 e. The van der Waals surface area contributed by atoms with E-state index in [1.54, 1.807) is 0 Å². The number of likely N-dealkylation sites (tertiary alicyclic amines) is 1. The highest BCUT2D eigenvalue weighted by Crippen LogP contribution is 2.37. The van der Waals surface area contributed by atoms with Crippen molar-refractivity contribution in [1.29, 1.82) is 0 Å². The van der Waals surface area contributed by atoms with Gasteiger partial charge in [-0.25, -0.2) is 0 Å². The summed E-state index contributed by atoms with van der Waals surface area (Å²) in [4.78, 5) is 14.1. The molecule has 1 fully saturated rings. The first-order chi connectivity index (χ1) is 11.3. The van der Waals surface area contributed by atoms with E-state index in [9.17, 15) is 4.79 Å². The second-order valence-corrected chi connectivity index (χ2v) is 5.87. The van der Waals surface area contributed by atoms with Crippen LogP contribution in [0.5, 0.6) is 11.5 Å². The zero-order chi connectivity index (χ0) is 16.1. The Labute approximate surface area is 136 Å². The molecule has 0 radical (unpaired) electrons. The molecule has 0 aromatic heterocycles. The number of amides is 1. The van der Waals surface area contributed by atoms with E-state index in [1.807, 2.05) is 6.07 Å². The molecule has 2 heterocycles. The third kappa shape index (κ3) is 3.77. The van der Waals surface area contributed by atoms with E-state index >= 15 is 0 Å². The highest BCUT2D eigenvalue weighted by Gasteiger charge is 2.28. The molecule has 1 aromatic rings. The average molecular weight is 314 g/mol. The Kier molecular flexibility index (Phi) is 5.04. The number of nitrogens with one attached hydrogen (secondary N) is 1. The Morgan fingerprint density at radius 3 is 2.96 bits per heavy atom. The molecular weight excluding hydrogens is 292 g/mol. The first kappa shape index (κ1) is 15.7. The highest BCUT2D eigenvalue weighted by atomic mass is 16.5. The van der Waals surface area contributed by atoms with Crippen LogP contribution in [0.2, 0.25) is 0 Å². The molecule has 1 saturated heterocycles. The third-order valence-electron chi connectivity index (χ3n) is 4.25. The summed E-state index contributed by atoms with van der Waals surface area (Å²) in [7, 11) is 0. The number of rotatable bonds is 4. The first-order valence-corrected chi connectivity index (χ1v) is 8.11. The van der Waals surface area contributed by atoms with Crippen molar-refractivity contribution in [3.8, 4) is 23.8 Å². The number of carbonyl (C=O) groups excluding carboxylic acids is 1. The molecule has 0 spiro atoms. The maximum atomic E-state index is 11.9. The van der Waals surface area contributed by atoms with Crippen molar-refractivity contribution < 1.29 is 14.3 Å². The van der Waals surface area contributed by atoms with Crippen LogP contribution in [-0.2, 0) is 4.79 Å². The molecule has 5 heteroatoms. The molecule has 0 bridgehead atoms. The van der Waals surface area contributed by atoms with Gasteiger partial charge in [-0.05, 0) is 37.1 Å². The van der Waals surface area contributed by atoms with Crippen molar-refractivity contribution in [2.45, 2.75) is 25.3 Å². The Morgan fingerprint density at radius 2 is 2.13 bits per heavy atom. The zero-order valence-electron chi connectivity index (χ0n) is 13.2. The van der Waals surface area contributed by atoms with Crippen LogP contribution in [0.4, 0.5) is 0 Å². The molecule has 1 atom stereocenters. The van der Waals surface area contributed by atoms with Gasteiger partial charge in [-0.15, -0.1) is 6.42 Å². The number of hydrogen-bond acceptors (Lipinski definition) is 4. The molecule has 0 saturated carbocycles. The minimum absolute atomic E-state index is 0.0239. The van der Waals surface area contributed by atoms with Crippen molar-refractivity contribution in [3.05, 3.63) is 23.8 Å². The largest absolute Gasteiger partial charge is 0.490 e. The molecule has 5 nitrogen and oxygen atoms in total. The molecule has 122 valence electrons. The Morgan fingerprint density at radius 1 is 1.30 bits per heavy atom. The van der Waals surface area contributed by atoms with Crippen LogP contribution in [0.3, 0.4) is 0 Å². The van der Waals surface area contributed by atoms with Gasteiger partial charge in [0.25, 0.3) is 0 Å². The fourth-order valence-corrected chi connectivity index (χ4v) is 3.17. The Balaban J connectivity index is 1.71. The van der Waals surface area contributed by atoms with Gasteiger partial charge in [0.05, 0.1) is 26.3 Å². The smallest absolute Gasteiger partial charge is 0.234 e. The molecule has 2 aliphatic heterocycles. The van der Waals surface area contributed by atoms with Gasteiger partial charge in [0.2, 0.25) is 5.91 Å². The van der Waals surface area contributed by atoms with E-state index in [0.717, 1.165) is 37.3 Å². The maximum Gasteiger partial charge on any atom is 0.234 e. The molecule has 23 heavy (non-hydrogen) atoms. The first-order valence-electron chi connectivity index (χ1n) is 8.11. The van der Waals surface area contributed by atoms with Gasteiger partial charge in [0.15, 0.2) is 11.5 Å². The molecule has 1 aromatic carbocycles. The van der Waals surface area contributed by atoms with Crippen molar-refractivity contribution in [2.75, 3.05) is 32.8 Å². The van der Waals surface area contributed by atoms with Crippen molar-refractivity contribution in [2.24, 2.45) is 0 Å². The van der Waals surface area contributed by atoms with Gasteiger partial charge >= 0.3 is 0 Å². The summed E-state index contributed by atoms with van der Waals surface area (Å²) < 4.78 is 11.5. The summed E-state index contributed by atoms with van der Waals surface area (Å²) in [6, 6.07) is 6.35. The van der Waals surface area contributed by atoms with E-state index in [-0.39, 0.29) is 18.5 Å². The zero-order valence-corrected chi connectivity index (χ0v) is 13.2. The lowest BCUT2D eigenvalue weighted by atomic mass is 10.0. The summed E-state index contributed by atoms with van der Waals surface area (Å²) >= 11 is 0. The van der Waals surface area contributed by atoms with Crippen LogP contribution in [0, 0.1) is 12.3 Å². The summed E-state index contributed by atoms with van der Waals surface area (Å²) in [6.07, 6.45) is 8.20. The number of terminal acetylenes is 1. The van der Waals surface area contributed by atoms with Gasteiger partial charge in [0, 0.05) is 12.5 Å². The third-order valence-corrected chi connectivity index (χ3v) is 4.25. The number of carbonyl (C=O) groups is 1. The lowest BCUT2D eigenvalue weighted by Gasteiger charge is -2.24. The number of fused-ring (bicyclic) bond motifs is 1. The van der Waals surface area contributed by atoms with Crippen LogP contribution in [0.25, 0.3) is 0 Å². The lowest BCUT2D eigenvalue weighted by molar-refractivity contribution is -0.122. The lowest BCUT2D eigenvalue weighted by Crippen LogP contribution is -2.37. The average Bonchev–Trinajstić information content (AvgIpc) is 2.88. The van der Waals surface area contributed by atoms with Gasteiger partial charge < -0.3 is 14.8 Å². The second-order valence-electron chi connectivity index (χ2n) is 5.87. The molecule has 0 unspecified atom stereocenters. The monoisotopic (exact) mass is 314 g/mol. The quantitative estimate of drug-likeness (QED) is 0.860. The predicted molar refractivity (Wildman–Crippen MR) is 87.4 cm³/mol. The van der Waals surface area contributed by atoms with Gasteiger partial charge in [-0.1, -0.05) is 12.0 Å². The molecule has 1 N–H and O–H groups in total. The fraction of sp³-hybridized carbons (Fsp3) is 0.500. The summed E-state index contributed by atoms with van der Waals surface area (Å²) in [5, 5.41) is 2.73. The second kappa shape index (κ2) is 7.38. The molecular formula is C18H22N2O3. The van der Waals surface area contributed by atoms with Crippen molar-refractivity contribution in [3.63, 3.8) is 0 Å². The Bertz CT molecular complexity index is 609. The molecule has 3 rings (SSSR count). The van der Waals surface area contributed by atoms with E-state index in [1.165, 1.54) is 5.56 Å². The van der Waals surface area contributed by atoms with E-state index in [0.29, 0.717) is 19.8 Å². The standard InChI is InChI=1S/C18H22N2O3/c1-2-8-19-18(21)13-20-9-3-5-15(20)14-6-7-16-17(12-14)23-11-4-10-22-16/h1,6-7,12,15H,3-5,8-11,13H2,(H,19,21)/t15-/m0/s1. The van der Waals surface area contributed by atoms with Crippen LogP contribution in [0.1, 0.15) is 30.9 Å². The highest BCUT2D eigenvalue weighted by molar-refractivity contribution is 5.78. The van der Waals surface area contributed by atoms with Gasteiger partial charge in [-0.3, -0.25) is 9.69 Å². The van der Waals surface area contributed by atoms with E-state index < -0.39 is 0 Å². The van der Waals surface area contributed by atoms with Gasteiger partial charge in [0.1, 0.15) is 0 Å². The van der Waals surface area contributed by atoms with Crippen LogP contribution >= 0.6 is 0 Å². The molecule has 1 amide bonds. The number of ether oxygens (including phenoxy) is 2. The van der Waals surface area contributed by atoms with E-state index in [4.69, 9.17) is 15.9 Å². The normalized spacial score (nSPS) is 20.6. The topological polar surface area (TPSA) is 50.8 Å². The van der Waals surface area contributed by atoms with Crippen molar-refractivity contribution in [1.82, 2.24) is 10.2 Å². The minimum atomic E-state index is -0.0239. The Hall–Kier alpha value is -2.19. The van der Waals surface area contributed by atoms with E-state index in [2.05, 4.69) is 28.3 Å². The van der Waals surface area contributed by atoms with Crippen molar-refractivity contribution >= 4 is 5.91 Å². The SMILES string of the molecule is C#CCNC(=O)CN1CCC[C@H]1c1ccc2c(c1)OCCCO2. The summed E-state index contributed by atoms with van der Waals surface area (Å²) in [5.41, 5.74) is 1.18. The summed E-state index contributed by atoms with van der Waals surface area (Å²) in [6.45, 7) is 2.95. The van der Waals surface area contributed by atoms with Crippen LogP contribution < -0.4 is 14.8 Å². The molecule has 2 aliphatic rings. The fourth-order valence-electron chi connectivity index (χ4n) is 3.17. The number of hydrogen-bond donors (Lipinski definition) is 1. The molecule has 0 aliphatic carbocycles. The predicted octanol–water partition coefficient (Wildman–Crippen LogP) is 1.73. The maximum absolute atomic E-state index is 11.9. The van der Waals surface area contributed by atoms with Crippen LogP contribution in [0.15, 0.2) is 18.2 Å². The summed E-state index contributed by atoms with van der Waals surface area (Å²) in [5.74, 6) is 4.02. The van der Waals surface area contributed by atoms with Crippen LogP contribution in [-0.4, -0.2) is 43.7 Å². The number of benzene rings is 1. The van der Waals surface area contributed by atoms with Gasteiger partial charge in [-0.2, -0.15) is 0 Å².